The van der Waals surface area contributed by atoms with Crippen molar-refractivity contribution in [3.05, 3.63) is 71.8 Å². The number of rotatable bonds is 8. The second-order valence-electron chi connectivity index (χ2n) is 20.2. The number of benzene rings is 2. The molecule has 0 spiro atoms. The van der Waals surface area contributed by atoms with E-state index in [1.807, 2.05) is 24.3 Å². The van der Waals surface area contributed by atoms with Crippen LogP contribution < -0.4 is 9.80 Å². The number of carbonyl (C=O) groups excluding carboxylic acids is 5. The Balaban J connectivity index is 1.65. The lowest BCUT2D eigenvalue weighted by Gasteiger charge is -2.31. The van der Waals surface area contributed by atoms with Crippen molar-refractivity contribution in [2.24, 2.45) is 0 Å². The molecule has 0 aliphatic heterocycles. The van der Waals surface area contributed by atoms with Gasteiger partial charge in [0.1, 0.15) is 45.2 Å². The van der Waals surface area contributed by atoms with E-state index in [2.05, 4.69) is 9.97 Å². The van der Waals surface area contributed by atoms with Crippen molar-refractivity contribution < 1.29 is 52.4 Å². The number of fused-ring (bicyclic) bond motifs is 2. The van der Waals surface area contributed by atoms with Crippen molar-refractivity contribution in [3.8, 4) is 0 Å². The van der Waals surface area contributed by atoms with Gasteiger partial charge in [-0.15, -0.1) is 0 Å². The molecule has 4 amide bonds. The standard InChI is InChI=1S/C47H62N4O11/c1-42(2,3)57-37(52)50(38(53)58-43(4,5)6)35-25-29(31-21-17-19-23-33(31)48-35)27-46(13,14)61-41(56)62-47(15,16)28-30-26-36(49-34-24-20-18-22-32(30)34)51(39(54)59-44(7,8)9)40(55)60-45(10,11)12/h17-26H,27-28H2,1-16H3. The molecule has 0 atom stereocenters. The monoisotopic (exact) mass is 858 g/mol. The number of ether oxygens (including phenoxy) is 6. The number of pyridine rings is 2. The Morgan fingerprint density at radius 2 is 0.710 bits per heavy atom. The van der Waals surface area contributed by atoms with Crippen LogP contribution in [0, 0.1) is 0 Å². The summed E-state index contributed by atoms with van der Waals surface area (Å²) in [4.78, 5) is 78.6. The maximum Gasteiger partial charge on any atom is 0.509 e. The van der Waals surface area contributed by atoms with Crippen LogP contribution >= 0.6 is 0 Å². The maximum atomic E-state index is 13.7. The Morgan fingerprint density at radius 1 is 0.435 bits per heavy atom. The van der Waals surface area contributed by atoms with Gasteiger partial charge in [0, 0.05) is 23.6 Å². The molecule has 0 fully saturated rings. The predicted molar refractivity (Wildman–Crippen MR) is 237 cm³/mol. The second-order valence-corrected chi connectivity index (χ2v) is 20.2. The lowest BCUT2D eigenvalue weighted by molar-refractivity contribution is -0.0581. The summed E-state index contributed by atoms with van der Waals surface area (Å²) in [5, 5.41) is 1.39. The molecule has 62 heavy (non-hydrogen) atoms. The summed E-state index contributed by atoms with van der Waals surface area (Å²) in [7, 11) is 0. The third-order valence-electron chi connectivity index (χ3n) is 8.29. The van der Waals surface area contributed by atoms with Gasteiger partial charge in [-0.05, 0) is 146 Å². The predicted octanol–water partition coefficient (Wildman–Crippen LogP) is 11.6. The molecule has 0 saturated heterocycles. The highest BCUT2D eigenvalue weighted by molar-refractivity contribution is 6.10. The van der Waals surface area contributed by atoms with Gasteiger partial charge in [0.05, 0.1) is 11.0 Å². The second kappa shape index (κ2) is 17.8. The molecule has 15 heteroatoms. The van der Waals surface area contributed by atoms with E-state index in [1.165, 1.54) is 0 Å². The summed E-state index contributed by atoms with van der Waals surface area (Å²) < 4.78 is 34.3. The SMILES string of the molecule is CC(C)(C)OC(=O)N(C(=O)OC(C)(C)C)c1cc(CC(C)(C)OC(=O)OC(C)(C)Cc2cc(N(C(=O)OC(C)(C)C)C(=O)OC(C)(C)C)nc3ccccc23)c2ccccc2n1. The van der Waals surface area contributed by atoms with Crippen molar-refractivity contribution in [2.45, 2.75) is 157 Å². The van der Waals surface area contributed by atoms with Gasteiger partial charge in [-0.2, -0.15) is 9.80 Å². The van der Waals surface area contributed by atoms with E-state index in [0.29, 0.717) is 32.9 Å². The lowest BCUT2D eigenvalue weighted by atomic mass is 9.95. The lowest BCUT2D eigenvalue weighted by Crippen LogP contribution is -2.44. The molecule has 0 saturated carbocycles. The highest BCUT2D eigenvalue weighted by Crippen LogP contribution is 2.33. The number of carbonyl (C=O) groups is 5. The van der Waals surface area contributed by atoms with Gasteiger partial charge in [0.25, 0.3) is 0 Å². The first-order valence-electron chi connectivity index (χ1n) is 20.4. The molecule has 4 rings (SSSR count). The van der Waals surface area contributed by atoms with Gasteiger partial charge in [-0.3, -0.25) is 0 Å². The molecule has 15 nitrogen and oxygen atoms in total. The van der Waals surface area contributed by atoms with Crippen LogP contribution in [0.3, 0.4) is 0 Å². The Morgan fingerprint density at radius 3 is 0.984 bits per heavy atom. The Hall–Kier alpha value is -5.99. The highest BCUT2D eigenvalue weighted by Gasteiger charge is 2.37. The molecular formula is C47H62N4O11. The fourth-order valence-corrected chi connectivity index (χ4v) is 6.20. The number of aromatic nitrogens is 2. The van der Waals surface area contributed by atoms with Crippen LogP contribution in [0.2, 0.25) is 0 Å². The third kappa shape index (κ3) is 14.0. The smallest absolute Gasteiger partial charge is 0.443 e. The maximum absolute atomic E-state index is 13.7. The summed E-state index contributed by atoms with van der Waals surface area (Å²) in [5.41, 5.74) is -3.99. The summed E-state index contributed by atoms with van der Waals surface area (Å²) in [6, 6.07) is 17.5. The quantitative estimate of drug-likeness (QED) is 0.121. The van der Waals surface area contributed by atoms with E-state index >= 15 is 0 Å². The van der Waals surface area contributed by atoms with Gasteiger partial charge in [-0.1, -0.05) is 36.4 Å². The van der Waals surface area contributed by atoms with Crippen molar-refractivity contribution in [1.82, 2.24) is 9.97 Å². The molecular weight excluding hydrogens is 797 g/mol. The van der Waals surface area contributed by atoms with Gasteiger partial charge < -0.3 is 28.4 Å². The topological polar surface area (TPSA) is 173 Å². The van der Waals surface area contributed by atoms with Gasteiger partial charge in [0.2, 0.25) is 0 Å². The minimum atomic E-state index is -1.20. The summed E-state index contributed by atoms with van der Waals surface area (Å²) in [6.07, 6.45) is -4.64. The van der Waals surface area contributed by atoms with E-state index < -0.39 is 64.1 Å². The number of hydrogen-bond donors (Lipinski definition) is 0. The van der Waals surface area contributed by atoms with Crippen LogP contribution in [0.5, 0.6) is 0 Å². The Kier molecular flexibility index (Phi) is 14.0. The fraction of sp³-hybridized carbons (Fsp3) is 0.511. The molecule has 0 unspecified atom stereocenters. The summed E-state index contributed by atoms with van der Waals surface area (Å²) in [6.45, 7) is 27.0. The van der Waals surface area contributed by atoms with E-state index in [9.17, 15) is 24.0 Å². The zero-order valence-electron chi connectivity index (χ0n) is 39.0. The highest BCUT2D eigenvalue weighted by atomic mass is 16.7. The van der Waals surface area contributed by atoms with E-state index in [1.54, 1.807) is 147 Å². The zero-order chi connectivity index (χ0) is 46.8. The zero-order valence-corrected chi connectivity index (χ0v) is 39.0. The molecule has 2 heterocycles. The molecule has 0 bridgehead atoms. The normalized spacial score (nSPS) is 12.6. The Bertz CT molecular complexity index is 2110. The van der Waals surface area contributed by atoms with E-state index in [-0.39, 0.29) is 24.5 Å². The molecule has 2 aromatic carbocycles. The number of nitrogens with zero attached hydrogens (tertiary/aromatic N) is 4. The first-order chi connectivity index (χ1) is 28.2. The third-order valence-corrected chi connectivity index (χ3v) is 8.29. The minimum Gasteiger partial charge on any atom is -0.443 e. The van der Waals surface area contributed by atoms with Crippen LogP contribution in [0.4, 0.5) is 35.6 Å². The molecule has 0 radical (unpaired) electrons. The first-order valence-corrected chi connectivity index (χ1v) is 20.4. The molecule has 2 aromatic heterocycles. The van der Waals surface area contributed by atoms with Crippen molar-refractivity contribution >= 4 is 64.0 Å². The van der Waals surface area contributed by atoms with Gasteiger partial charge >= 0.3 is 30.5 Å². The number of hydrogen-bond acceptors (Lipinski definition) is 13. The number of amides is 4. The van der Waals surface area contributed by atoms with E-state index in [4.69, 9.17) is 28.4 Å². The van der Waals surface area contributed by atoms with E-state index in [0.717, 1.165) is 9.80 Å². The number of anilines is 2. The largest absolute Gasteiger partial charge is 0.509 e. The van der Waals surface area contributed by atoms with Gasteiger partial charge in [0.15, 0.2) is 0 Å². The molecule has 336 valence electrons. The molecule has 0 aliphatic carbocycles. The van der Waals surface area contributed by atoms with Crippen molar-refractivity contribution in [2.75, 3.05) is 9.80 Å². The van der Waals surface area contributed by atoms with Crippen LogP contribution in [0.25, 0.3) is 21.8 Å². The van der Waals surface area contributed by atoms with Crippen LogP contribution in [0.15, 0.2) is 60.7 Å². The summed E-state index contributed by atoms with van der Waals surface area (Å²) >= 11 is 0. The van der Waals surface area contributed by atoms with Gasteiger partial charge in [-0.25, -0.2) is 33.9 Å². The molecule has 0 aliphatic rings. The average molecular weight is 859 g/mol. The van der Waals surface area contributed by atoms with Crippen LogP contribution in [0.1, 0.15) is 122 Å². The Labute approximate surface area is 364 Å². The number of imide groups is 2. The van der Waals surface area contributed by atoms with Crippen molar-refractivity contribution in [1.29, 1.82) is 0 Å². The molecule has 4 aromatic rings. The fourth-order valence-electron chi connectivity index (χ4n) is 6.20. The first kappa shape index (κ1) is 48.7. The van der Waals surface area contributed by atoms with Crippen LogP contribution in [-0.2, 0) is 41.3 Å². The average Bonchev–Trinajstić information content (AvgIpc) is 3.04. The number of para-hydroxylation sites is 2. The van der Waals surface area contributed by atoms with Crippen LogP contribution in [-0.4, -0.2) is 74.1 Å². The summed E-state index contributed by atoms with van der Waals surface area (Å²) in [5.74, 6) is -0.0786. The minimum absolute atomic E-state index is 0.0393. The molecule has 0 N–H and O–H groups in total. The van der Waals surface area contributed by atoms with Crippen molar-refractivity contribution in [3.63, 3.8) is 0 Å².